The normalized spacial score (nSPS) is 19.4. The Bertz CT molecular complexity index is 661. The molecule has 1 saturated heterocycles. The molecule has 0 aromatic carbocycles. The highest BCUT2D eigenvalue weighted by Crippen LogP contribution is 2.39. The van der Waals surface area contributed by atoms with Crippen molar-refractivity contribution in [3.8, 4) is 0 Å². The van der Waals surface area contributed by atoms with E-state index in [-0.39, 0.29) is 23.7 Å². The first-order valence-corrected chi connectivity index (χ1v) is 8.98. The quantitative estimate of drug-likeness (QED) is 0.855. The molecule has 0 atom stereocenters. The first-order chi connectivity index (χ1) is 9.99. The van der Waals surface area contributed by atoms with Gasteiger partial charge in [-0.05, 0) is 24.8 Å². The van der Waals surface area contributed by atoms with Crippen molar-refractivity contribution in [2.45, 2.75) is 19.3 Å². The van der Waals surface area contributed by atoms with Crippen LogP contribution >= 0.6 is 11.3 Å². The Morgan fingerprint density at radius 2 is 2.00 bits per heavy atom. The second-order valence-corrected chi connectivity index (χ2v) is 7.76. The van der Waals surface area contributed by atoms with Crippen LogP contribution in [0.15, 0.2) is 0 Å². The Morgan fingerprint density at radius 1 is 1.29 bits per heavy atom. The predicted octanol–water partition coefficient (Wildman–Crippen LogP) is 0.924. The molecule has 3 rings (SSSR count). The minimum absolute atomic E-state index is 0.115. The summed E-state index contributed by atoms with van der Waals surface area (Å²) in [4.78, 5) is 12.4. The molecule has 9 heteroatoms. The summed E-state index contributed by atoms with van der Waals surface area (Å²) in [5.74, 6) is -1.07. The molecule has 0 radical (unpaired) electrons. The molecule has 0 bridgehead atoms. The molecule has 21 heavy (non-hydrogen) atoms. The summed E-state index contributed by atoms with van der Waals surface area (Å²) in [5, 5.41) is 9.59. The molecular formula is C12H16N2O5S2. The highest BCUT2D eigenvalue weighted by atomic mass is 32.2. The molecular weight excluding hydrogens is 316 g/mol. The lowest BCUT2D eigenvalue weighted by molar-refractivity contribution is 0.0697. The Hall–Kier alpha value is -1.16. The number of aromatic carboxylic acids is 1. The van der Waals surface area contributed by atoms with Gasteiger partial charge in [0.05, 0.1) is 18.8 Å². The molecule has 0 saturated carbocycles. The van der Waals surface area contributed by atoms with Gasteiger partial charge < -0.3 is 9.84 Å². The highest BCUT2D eigenvalue weighted by molar-refractivity contribution is 7.90. The molecule has 2 aliphatic rings. The molecule has 2 N–H and O–H groups in total. The van der Waals surface area contributed by atoms with E-state index in [2.05, 4.69) is 4.72 Å². The third-order valence-electron chi connectivity index (χ3n) is 3.67. The van der Waals surface area contributed by atoms with E-state index < -0.39 is 16.2 Å². The fourth-order valence-electron chi connectivity index (χ4n) is 2.67. The van der Waals surface area contributed by atoms with Crippen LogP contribution in [0.1, 0.15) is 27.2 Å². The zero-order chi connectivity index (χ0) is 15.0. The maximum atomic E-state index is 12.3. The van der Waals surface area contributed by atoms with Gasteiger partial charge in [-0.1, -0.05) is 0 Å². The number of hydrogen-bond donors (Lipinski definition) is 2. The van der Waals surface area contributed by atoms with Gasteiger partial charge in [-0.15, -0.1) is 11.3 Å². The number of anilines is 1. The fourth-order valence-corrected chi connectivity index (χ4v) is 5.38. The van der Waals surface area contributed by atoms with Gasteiger partial charge >= 0.3 is 16.2 Å². The van der Waals surface area contributed by atoms with Gasteiger partial charge in [-0.2, -0.15) is 12.7 Å². The van der Waals surface area contributed by atoms with Gasteiger partial charge in [-0.25, -0.2) is 4.79 Å². The minimum Gasteiger partial charge on any atom is -0.478 e. The summed E-state index contributed by atoms with van der Waals surface area (Å²) in [6.45, 7) is 1.27. The van der Waals surface area contributed by atoms with Crippen molar-refractivity contribution in [1.82, 2.24) is 4.31 Å². The lowest BCUT2D eigenvalue weighted by atomic mass is 10.1. The number of morpholine rings is 1. The lowest BCUT2D eigenvalue weighted by Crippen LogP contribution is -2.43. The van der Waals surface area contributed by atoms with Gasteiger partial charge in [-0.3, -0.25) is 4.72 Å². The molecule has 2 heterocycles. The number of nitrogens with zero attached hydrogens (tertiary/aromatic N) is 1. The summed E-state index contributed by atoms with van der Waals surface area (Å²) >= 11 is 1.24. The molecule has 1 aliphatic carbocycles. The number of aryl methyl sites for hydroxylation is 1. The average Bonchev–Trinajstić information content (AvgIpc) is 2.99. The number of carboxylic acid groups (broad SMARTS) is 1. The maximum Gasteiger partial charge on any atom is 0.339 e. The molecule has 0 spiro atoms. The molecule has 1 aliphatic heterocycles. The molecule has 1 aromatic heterocycles. The van der Waals surface area contributed by atoms with Crippen LogP contribution in [-0.4, -0.2) is 50.1 Å². The lowest BCUT2D eigenvalue weighted by Gasteiger charge is -2.26. The Kier molecular flexibility index (Phi) is 3.91. The van der Waals surface area contributed by atoms with E-state index >= 15 is 0 Å². The number of carbonyl (C=O) groups is 1. The zero-order valence-corrected chi connectivity index (χ0v) is 12.9. The topological polar surface area (TPSA) is 95.9 Å². The van der Waals surface area contributed by atoms with Gasteiger partial charge in [0.25, 0.3) is 0 Å². The third-order valence-corrected chi connectivity index (χ3v) is 6.51. The number of fused-ring (bicyclic) bond motifs is 1. The fraction of sp³-hybridized carbons (Fsp3) is 0.583. The second kappa shape index (κ2) is 5.56. The van der Waals surface area contributed by atoms with Crippen molar-refractivity contribution in [1.29, 1.82) is 0 Å². The summed E-state index contributed by atoms with van der Waals surface area (Å²) in [6.07, 6.45) is 2.45. The number of hydrogen-bond acceptors (Lipinski definition) is 5. The van der Waals surface area contributed by atoms with Crippen molar-refractivity contribution >= 4 is 32.5 Å². The number of carboxylic acids is 1. The van der Waals surface area contributed by atoms with Crippen LogP contribution in [0.25, 0.3) is 0 Å². The van der Waals surface area contributed by atoms with Gasteiger partial charge in [0.2, 0.25) is 0 Å². The van der Waals surface area contributed by atoms with Crippen LogP contribution in [0.3, 0.4) is 0 Å². The van der Waals surface area contributed by atoms with Crippen molar-refractivity contribution in [2.24, 2.45) is 0 Å². The van der Waals surface area contributed by atoms with E-state index in [1.54, 1.807) is 0 Å². The van der Waals surface area contributed by atoms with Gasteiger partial charge in [0, 0.05) is 18.0 Å². The van der Waals surface area contributed by atoms with E-state index in [0.717, 1.165) is 23.3 Å². The molecule has 1 aromatic rings. The van der Waals surface area contributed by atoms with E-state index in [1.165, 1.54) is 15.6 Å². The first kappa shape index (κ1) is 14.8. The molecule has 0 amide bonds. The Morgan fingerprint density at radius 3 is 2.67 bits per heavy atom. The number of thiophene rings is 1. The predicted molar refractivity (Wildman–Crippen MR) is 78.2 cm³/mol. The van der Waals surface area contributed by atoms with E-state index in [1.807, 2.05) is 0 Å². The SMILES string of the molecule is O=C(O)c1c(NS(=O)(=O)N2CCOCC2)sc2c1CCC2. The number of nitrogens with one attached hydrogen (secondary N) is 1. The maximum absolute atomic E-state index is 12.3. The van der Waals surface area contributed by atoms with E-state index in [4.69, 9.17) is 4.74 Å². The third kappa shape index (κ3) is 2.78. The number of rotatable bonds is 4. The molecule has 1 fully saturated rings. The van der Waals surface area contributed by atoms with E-state index in [9.17, 15) is 18.3 Å². The standard InChI is InChI=1S/C12H16N2O5S2/c15-12(16)10-8-2-1-3-9(8)20-11(10)13-21(17,18)14-4-6-19-7-5-14/h13H,1-7H2,(H,15,16). The van der Waals surface area contributed by atoms with Crippen LogP contribution in [0.4, 0.5) is 5.00 Å². The minimum atomic E-state index is -3.73. The summed E-state index contributed by atoms with van der Waals surface area (Å²) < 4.78 is 33.5. The Balaban J connectivity index is 1.89. The summed E-state index contributed by atoms with van der Waals surface area (Å²) in [6, 6.07) is 0. The molecule has 0 unspecified atom stereocenters. The molecule has 7 nitrogen and oxygen atoms in total. The van der Waals surface area contributed by atoms with Crippen molar-refractivity contribution < 1.29 is 23.1 Å². The molecule has 116 valence electrons. The Labute approximate surface area is 126 Å². The average molecular weight is 332 g/mol. The van der Waals surface area contributed by atoms with Crippen molar-refractivity contribution in [3.05, 3.63) is 16.0 Å². The van der Waals surface area contributed by atoms with Crippen molar-refractivity contribution in [3.63, 3.8) is 0 Å². The zero-order valence-electron chi connectivity index (χ0n) is 11.3. The van der Waals surface area contributed by atoms with Gasteiger partial charge in [0.15, 0.2) is 0 Å². The van der Waals surface area contributed by atoms with Gasteiger partial charge in [0.1, 0.15) is 5.00 Å². The van der Waals surface area contributed by atoms with Crippen LogP contribution in [0, 0.1) is 0 Å². The van der Waals surface area contributed by atoms with Crippen LogP contribution in [0.2, 0.25) is 0 Å². The van der Waals surface area contributed by atoms with Crippen LogP contribution in [0.5, 0.6) is 0 Å². The van der Waals surface area contributed by atoms with E-state index in [0.29, 0.717) is 19.6 Å². The largest absolute Gasteiger partial charge is 0.478 e. The van der Waals surface area contributed by atoms with Crippen molar-refractivity contribution in [2.75, 3.05) is 31.0 Å². The second-order valence-electron chi connectivity index (χ2n) is 4.99. The first-order valence-electron chi connectivity index (χ1n) is 6.72. The number of ether oxygens (including phenoxy) is 1. The monoisotopic (exact) mass is 332 g/mol. The highest BCUT2D eigenvalue weighted by Gasteiger charge is 2.31. The summed E-state index contributed by atoms with van der Waals surface area (Å²) in [5.41, 5.74) is 0.900. The summed E-state index contributed by atoms with van der Waals surface area (Å²) in [7, 11) is -3.73. The van der Waals surface area contributed by atoms with Crippen LogP contribution < -0.4 is 4.72 Å². The van der Waals surface area contributed by atoms with Crippen LogP contribution in [-0.2, 0) is 27.8 Å². The smallest absolute Gasteiger partial charge is 0.339 e.